The minimum Gasteiger partial charge on any atom is -0.496 e. The second kappa shape index (κ2) is 8.17. The number of methoxy groups -OCH3 is 1. The average Bonchev–Trinajstić information content (AvgIpc) is 2.76. The predicted octanol–water partition coefficient (Wildman–Crippen LogP) is 5.56. The molecule has 0 aliphatic carbocycles. The van der Waals surface area contributed by atoms with Crippen LogP contribution in [0.3, 0.4) is 0 Å². The lowest BCUT2D eigenvalue weighted by Gasteiger charge is -2.16. The molecule has 0 radical (unpaired) electrons. The Labute approximate surface area is 164 Å². The topological polar surface area (TPSA) is 34.5 Å². The molecule has 4 heteroatoms. The number of pyridine rings is 1. The molecule has 0 bridgehead atoms. The van der Waals surface area contributed by atoms with Crippen LogP contribution in [0.25, 0.3) is 17.2 Å². The van der Waals surface area contributed by atoms with Gasteiger partial charge in [-0.3, -0.25) is 9.98 Å². The smallest absolute Gasteiger partial charge is 0.131 e. The minimum atomic E-state index is -0.267. The number of ether oxygens (including phenoxy) is 1. The molecule has 28 heavy (non-hydrogen) atoms. The van der Waals surface area contributed by atoms with Crippen LogP contribution in [0.4, 0.5) is 4.39 Å². The minimum absolute atomic E-state index is 0.267. The van der Waals surface area contributed by atoms with Crippen molar-refractivity contribution in [2.45, 2.75) is 12.8 Å². The summed E-state index contributed by atoms with van der Waals surface area (Å²) in [4.78, 5) is 8.93. The first-order chi connectivity index (χ1) is 13.8. The molecule has 0 spiro atoms. The maximum absolute atomic E-state index is 14.6. The van der Waals surface area contributed by atoms with Gasteiger partial charge in [0.05, 0.1) is 12.8 Å². The van der Waals surface area contributed by atoms with Gasteiger partial charge in [-0.2, -0.15) is 0 Å². The van der Waals surface area contributed by atoms with E-state index in [4.69, 9.17) is 9.73 Å². The molecule has 0 amide bonds. The third kappa shape index (κ3) is 3.72. The molecular formula is C24H21FN2O. The fourth-order valence-electron chi connectivity index (χ4n) is 3.51. The molecular weight excluding hydrogens is 351 g/mol. The Bertz CT molecular complexity index is 1040. The Morgan fingerprint density at radius 2 is 1.93 bits per heavy atom. The Kier molecular flexibility index (Phi) is 5.29. The number of hydrogen-bond donors (Lipinski definition) is 0. The highest BCUT2D eigenvalue weighted by molar-refractivity contribution is 6.15. The lowest BCUT2D eigenvalue weighted by Crippen LogP contribution is -2.11. The molecule has 140 valence electrons. The Morgan fingerprint density at radius 1 is 1.04 bits per heavy atom. The maximum Gasteiger partial charge on any atom is 0.131 e. The summed E-state index contributed by atoms with van der Waals surface area (Å²) in [6.07, 6.45) is 7.65. The highest BCUT2D eigenvalue weighted by atomic mass is 19.1. The van der Waals surface area contributed by atoms with Crippen molar-refractivity contribution in [1.29, 1.82) is 0 Å². The van der Waals surface area contributed by atoms with Crippen molar-refractivity contribution in [1.82, 2.24) is 4.98 Å². The lowest BCUT2D eigenvalue weighted by atomic mass is 9.94. The van der Waals surface area contributed by atoms with Crippen molar-refractivity contribution in [3.63, 3.8) is 0 Å². The van der Waals surface area contributed by atoms with Gasteiger partial charge in [-0.25, -0.2) is 4.39 Å². The number of aromatic nitrogens is 1. The zero-order chi connectivity index (χ0) is 19.3. The van der Waals surface area contributed by atoms with Crippen LogP contribution in [-0.4, -0.2) is 24.4 Å². The summed E-state index contributed by atoms with van der Waals surface area (Å²) in [5, 5.41) is 0. The van der Waals surface area contributed by atoms with E-state index in [1.165, 1.54) is 6.07 Å². The van der Waals surface area contributed by atoms with Crippen molar-refractivity contribution in [3.8, 4) is 16.9 Å². The molecule has 3 aromatic rings. The van der Waals surface area contributed by atoms with Crippen LogP contribution in [0, 0.1) is 5.82 Å². The highest BCUT2D eigenvalue weighted by Gasteiger charge is 2.15. The summed E-state index contributed by atoms with van der Waals surface area (Å²) < 4.78 is 20.0. The molecule has 0 N–H and O–H groups in total. The van der Waals surface area contributed by atoms with Crippen molar-refractivity contribution in [2.24, 2.45) is 4.99 Å². The fourth-order valence-corrected chi connectivity index (χ4v) is 3.51. The van der Waals surface area contributed by atoms with Gasteiger partial charge in [-0.1, -0.05) is 24.3 Å². The molecule has 1 aliphatic heterocycles. The number of halogens is 1. The Morgan fingerprint density at radius 3 is 2.75 bits per heavy atom. The van der Waals surface area contributed by atoms with Gasteiger partial charge in [-0.15, -0.1) is 0 Å². The Hall–Kier alpha value is -3.27. The largest absolute Gasteiger partial charge is 0.496 e. The lowest BCUT2D eigenvalue weighted by molar-refractivity contribution is 0.416. The summed E-state index contributed by atoms with van der Waals surface area (Å²) >= 11 is 0. The number of para-hydroxylation sites is 1. The summed E-state index contributed by atoms with van der Waals surface area (Å²) in [5.41, 5.74) is 5.35. The van der Waals surface area contributed by atoms with E-state index in [0.29, 0.717) is 11.3 Å². The number of allylic oxidation sites excluding steroid dienone is 1. The fraction of sp³-hybridized carbons (Fsp3) is 0.167. The van der Waals surface area contributed by atoms with Crippen LogP contribution in [0.2, 0.25) is 0 Å². The second-order valence-corrected chi connectivity index (χ2v) is 6.68. The van der Waals surface area contributed by atoms with Crippen LogP contribution in [0.15, 0.2) is 77.6 Å². The summed E-state index contributed by atoms with van der Waals surface area (Å²) in [7, 11) is 1.60. The summed E-state index contributed by atoms with van der Waals surface area (Å²) in [6, 6.07) is 16.6. The molecule has 0 fully saturated rings. The van der Waals surface area contributed by atoms with E-state index in [1.54, 1.807) is 19.4 Å². The number of nitrogens with zero attached hydrogens (tertiary/aromatic N) is 2. The van der Waals surface area contributed by atoms with E-state index in [2.05, 4.69) is 11.1 Å². The van der Waals surface area contributed by atoms with E-state index < -0.39 is 0 Å². The van der Waals surface area contributed by atoms with Gasteiger partial charge in [0, 0.05) is 35.6 Å². The van der Waals surface area contributed by atoms with Crippen LogP contribution in [-0.2, 0) is 0 Å². The molecule has 2 heterocycles. The summed E-state index contributed by atoms with van der Waals surface area (Å²) in [5.74, 6) is 0.387. The van der Waals surface area contributed by atoms with Crippen molar-refractivity contribution >= 4 is 11.8 Å². The molecule has 0 unspecified atom stereocenters. The van der Waals surface area contributed by atoms with E-state index in [1.807, 2.05) is 48.7 Å². The molecule has 2 aromatic carbocycles. The molecule has 4 rings (SSSR count). The zero-order valence-corrected chi connectivity index (χ0v) is 15.7. The maximum atomic E-state index is 14.6. The van der Waals surface area contributed by atoms with Crippen LogP contribution in [0.1, 0.15) is 24.0 Å². The van der Waals surface area contributed by atoms with Crippen molar-refractivity contribution in [2.75, 3.05) is 13.7 Å². The second-order valence-electron chi connectivity index (χ2n) is 6.68. The normalized spacial score (nSPS) is 15.4. The first kappa shape index (κ1) is 18.1. The number of benzene rings is 2. The standard InChI is InChI=1S/C24H21FN2O/c1-28-23-9-3-2-8-20(23)21-15-17(10-11-22(21)25)14-18-6-5-13-27-24(18)19-7-4-12-26-16-19/h2-4,7-12,14-16H,5-6,13H2,1H3/b18-14-. The van der Waals surface area contributed by atoms with Gasteiger partial charge in [0.2, 0.25) is 0 Å². The summed E-state index contributed by atoms with van der Waals surface area (Å²) in [6.45, 7) is 0.817. The van der Waals surface area contributed by atoms with Crippen molar-refractivity contribution < 1.29 is 9.13 Å². The molecule has 0 saturated carbocycles. The number of hydrogen-bond acceptors (Lipinski definition) is 3. The first-order valence-electron chi connectivity index (χ1n) is 9.35. The average molecular weight is 372 g/mol. The van der Waals surface area contributed by atoms with Gasteiger partial charge >= 0.3 is 0 Å². The molecule has 1 aliphatic rings. The Balaban J connectivity index is 1.76. The van der Waals surface area contributed by atoms with Crippen LogP contribution >= 0.6 is 0 Å². The number of rotatable bonds is 4. The van der Waals surface area contributed by atoms with Crippen LogP contribution < -0.4 is 4.74 Å². The molecule has 1 aromatic heterocycles. The van der Waals surface area contributed by atoms with Gasteiger partial charge in [0.15, 0.2) is 0 Å². The number of aliphatic imine (C=N–C) groups is 1. The van der Waals surface area contributed by atoms with Gasteiger partial charge in [-0.05, 0) is 60.4 Å². The van der Waals surface area contributed by atoms with E-state index in [9.17, 15) is 4.39 Å². The van der Waals surface area contributed by atoms with Gasteiger partial charge < -0.3 is 4.74 Å². The SMILES string of the molecule is COc1ccccc1-c1cc(/C=C2/CCCN=C2c2cccnc2)ccc1F. The quantitative estimate of drug-likeness (QED) is 0.601. The highest BCUT2D eigenvalue weighted by Crippen LogP contribution is 2.33. The molecule has 3 nitrogen and oxygen atoms in total. The molecule has 0 saturated heterocycles. The zero-order valence-electron chi connectivity index (χ0n) is 15.7. The molecule has 0 atom stereocenters. The van der Waals surface area contributed by atoms with Crippen LogP contribution in [0.5, 0.6) is 5.75 Å². The van der Waals surface area contributed by atoms with E-state index in [-0.39, 0.29) is 5.82 Å². The van der Waals surface area contributed by atoms with Gasteiger partial charge in [0.1, 0.15) is 11.6 Å². The van der Waals surface area contributed by atoms with Gasteiger partial charge in [0.25, 0.3) is 0 Å². The monoisotopic (exact) mass is 372 g/mol. The van der Waals surface area contributed by atoms with E-state index in [0.717, 1.165) is 47.4 Å². The third-order valence-electron chi connectivity index (χ3n) is 4.84. The van der Waals surface area contributed by atoms with E-state index >= 15 is 0 Å². The first-order valence-corrected chi connectivity index (χ1v) is 9.35. The third-order valence-corrected chi connectivity index (χ3v) is 4.84. The van der Waals surface area contributed by atoms with Crippen molar-refractivity contribution in [3.05, 3.63) is 89.5 Å². The predicted molar refractivity (Wildman–Crippen MR) is 111 cm³/mol.